The summed E-state index contributed by atoms with van der Waals surface area (Å²) in [4.78, 5) is 0. The molecule has 0 aromatic rings. The average molecular weight is 246 g/mol. The Labute approximate surface area is 114 Å². The van der Waals surface area contributed by atoms with Gasteiger partial charge in [-0.2, -0.15) is 0 Å². The molecule has 0 saturated heterocycles. The fourth-order valence-electron chi connectivity index (χ4n) is 3.85. The molecule has 2 atom stereocenters. The molecule has 2 fully saturated rings. The van der Waals surface area contributed by atoms with Crippen LogP contribution in [0, 0.1) is 23.7 Å². The van der Waals surface area contributed by atoms with Crippen LogP contribution in [0.3, 0.4) is 0 Å². The van der Waals surface area contributed by atoms with Gasteiger partial charge in [-0.05, 0) is 68.6 Å². The highest BCUT2D eigenvalue weighted by molar-refractivity contribution is 4.98. The molecule has 0 spiro atoms. The topological polar surface area (TPSA) is 0 Å². The Kier molecular flexibility index (Phi) is 5.53. The largest absolute Gasteiger partial charge is 0.103 e. The van der Waals surface area contributed by atoms with Gasteiger partial charge < -0.3 is 0 Å². The summed E-state index contributed by atoms with van der Waals surface area (Å²) in [5.74, 6) is 3.60. The van der Waals surface area contributed by atoms with Gasteiger partial charge in [-0.1, -0.05) is 38.0 Å². The van der Waals surface area contributed by atoms with Crippen LogP contribution in [-0.2, 0) is 0 Å². The van der Waals surface area contributed by atoms with Crippen LogP contribution in [0.1, 0.15) is 64.7 Å². The maximum atomic E-state index is 3.93. The van der Waals surface area contributed by atoms with Crippen LogP contribution in [0.15, 0.2) is 24.8 Å². The van der Waals surface area contributed by atoms with E-state index in [1.807, 2.05) is 0 Å². The van der Waals surface area contributed by atoms with Crippen molar-refractivity contribution >= 4 is 0 Å². The minimum Gasteiger partial charge on any atom is -0.103 e. The van der Waals surface area contributed by atoms with E-state index < -0.39 is 0 Å². The number of hydrogen-bond donors (Lipinski definition) is 0. The molecule has 0 amide bonds. The monoisotopic (exact) mass is 246 g/mol. The zero-order valence-corrected chi connectivity index (χ0v) is 12.1. The van der Waals surface area contributed by atoms with E-state index >= 15 is 0 Å². The third-order valence-corrected chi connectivity index (χ3v) is 5.08. The second-order valence-electron chi connectivity index (χ2n) is 6.52. The van der Waals surface area contributed by atoms with Crippen molar-refractivity contribution in [3.8, 4) is 0 Å². The molecule has 2 unspecified atom stereocenters. The minimum absolute atomic E-state index is 0.801. The van der Waals surface area contributed by atoms with Crippen molar-refractivity contribution in [2.45, 2.75) is 64.7 Å². The maximum Gasteiger partial charge on any atom is -0.0231 e. The summed E-state index contributed by atoms with van der Waals surface area (Å²) in [6.07, 6.45) is 20.0. The molecule has 0 aromatic heterocycles. The summed E-state index contributed by atoms with van der Waals surface area (Å²) >= 11 is 0. The fraction of sp³-hybridized carbons (Fsp3) is 0.778. The third-order valence-electron chi connectivity index (χ3n) is 5.08. The highest BCUT2D eigenvalue weighted by Crippen LogP contribution is 2.36. The summed E-state index contributed by atoms with van der Waals surface area (Å²) in [6, 6.07) is 0. The van der Waals surface area contributed by atoms with Gasteiger partial charge in [-0.25, -0.2) is 0 Å². The molecular weight excluding hydrogens is 216 g/mol. The summed E-state index contributed by atoms with van der Waals surface area (Å²) in [5.41, 5.74) is 0. The number of hydrogen-bond acceptors (Lipinski definition) is 0. The zero-order valence-electron chi connectivity index (χ0n) is 12.1. The molecule has 18 heavy (non-hydrogen) atoms. The van der Waals surface area contributed by atoms with E-state index in [4.69, 9.17) is 0 Å². The van der Waals surface area contributed by atoms with Crippen molar-refractivity contribution in [3.05, 3.63) is 24.8 Å². The Balaban J connectivity index is 1.70. The van der Waals surface area contributed by atoms with Gasteiger partial charge in [0.2, 0.25) is 0 Å². The van der Waals surface area contributed by atoms with Crippen LogP contribution in [-0.4, -0.2) is 0 Å². The highest BCUT2D eigenvalue weighted by atomic mass is 14.3. The van der Waals surface area contributed by atoms with Gasteiger partial charge in [0.05, 0.1) is 0 Å². The first-order chi connectivity index (χ1) is 8.81. The Hall–Kier alpha value is -0.520. The third kappa shape index (κ3) is 4.00. The molecule has 2 aliphatic carbocycles. The standard InChI is InChI=1S/C18H30/c1-3-5-17-12-13-18(14-17)11-10-16-8-6-15(4-2)7-9-16/h4,10-11,15-18H,2-3,5-9,12-14H2,1H3. The van der Waals surface area contributed by atoms with Crippen LogP contribution in [0.5, 0.6) is 0 Å². The van der Waals surface area contributed by atoms with Crippen molar-refractivity contribution in [1.29, 1.82) is 0 Å². The molecule has 2 aliphatic rings. The van der Waals surface area contributed by atoms with Gasteiger partial charge in [-0.15, -0.1) is 6.58 Å². The molecular formula is C18H30. The quantitative estimate of drug-likeness (QED) is 0.542. The summed E-state index contributed by atoms with van der Waals surface area (Å²) in [5, 5.41) is 0. The lowest BCUT2D eigenvalue weighted by atomic mass is 9.81. The first-order valence-corrected chi connectivity index (χ1v) is 8.12. The molecule has 0 radical (unpaired) electrons. The molecule has 102 valence electrons. The van der Waals surface area contributed by atoms with Crippen molar-refractivity contribution < 1.29 is 0 Å². The SMILES string of the molecule is C=CC1CCC(C=CC2CCC(CCC)C2)CC1. The van der Waals surface area contributed by atoms with Crippen molar-refractivity contribution in [2.24, 2.45) is 23.7 Å². The van der Waals surface area contributed by atoms with Crippen LogP contribution in [0.4, 0.5) is 0 Å². The van der Waals surface area contributed by atoms with Crippen LogP contribution in [0.25, 0.3) is 0 Å². The maximum absolute atomic E-state index is 3.93. The number of rotatable bonds is 5. The van der Waals surface area contributed by atoms with Gasteiger partial charge in [0.25, 0.3) is 0 Å². The fourth-order valence-corrected chi connectivity index (χ4v) is 3.85. The predicted molar refractivity (Wildman–Crippen MR) is 80.5 cm³/mol. The van der Waals surface area contributed by atoms with Gasteiger partial charge in [0, 0.05) is 0 Å². The summed E-state index contributed by atoms with van der Waals surface area (Å²) in [7, 11) is 0. The lowest BCUT2D eigenvalue weighted by molar-refractivity contribution is 0.355. The van der Waals surface area contributed by atoms with Crippen molar-refractivity contribution in [3.63, 3.8) is 0 Å². The van der Waals surface area contributed by atoms with Gasteiger partial charge in [0.1, 0.15) is 0 Å². The Morgan fingerprint density at radius 3 is 2.17 bits per heavy atom. The molecule has 0 N–H and O–H groups in total. The molecule has 0 heteroatoms. The molecule has 0 bridgehead atoms. The number of allylic oxidation sites excluding steroid dienone is 3. The molecule has 0 aliphatic heterocycles. The van der Waals surface area contributed by atoms with E-state index in [0.29, 0.717) is 0 Å². The molecule has 0 nitrogen and oxygen atoms in total. The van der Waals surface area contributed by atoms with E-state index in [9.17, 15) is 0 Å². The summed E-state index contributed by atoms with van der Waals surface area (Å²) < 4.78 is 0. The van der Waals surface area contributed by atoms with Crippen molar-refractivity contribution in [1.82, 2.24) is 0 Å². The van der Waals surface area contributed by atoms with Gasteiger partial charge in [0.15, 0.2) is 0 Å². The van der Waals surface area contributed by atoms with Crippen molar-refractivity contribution in [2.75, 3.05) is 0 Å². The molecule has 0 heterocycles. The smallest absolute Gasteiger partial charge is 0.0231 e. The Morgan fingerprint density at radius 1 is 0.889 bits per heavy atom. The predicted octanol–water partition coefficient (Wildman–Crippen LogP) is 5.75. The van der Waals surface area contributed by atoms with E-state index in [0.717, 1.165) is 23.7 Å². The Bertz CT molecular complexity index is 268. The van der Waals surface area contributed by atoms with E-state index in [-0.39, 0.29) is 0 Å². The molecule has 2 saturated carbocycles. The lowest BCUT2D eigenvalue weighted by Crippen LogP contribution is -2.11. The lowest BCUT2D eigenvalue weighted by Gasteiger charge is -2.24. The van der Waals surface area contributed by atoms with Crippen LogP contribution >= 0.6 is 0 Å². The molecule has 0 aromatic carbocycles. The van der Waals surface area contributed by atoms with E-state index in [1.165, 1.54) is 57.8 Å². The normalized spacial score (nSPS) is 37.2. The van der Waals surface area contributed by atoms with E-state index in [2.05, 4.69) is 31.7 Å². The minimum atomic E-state index is 0.801. The van der Waals surface area contributed by atoms with Gasteiger partial charge in [-0.3, -0.25) is 0 Å². The first-order valence-electron chi connectivity index (χ1n) is 8.12. The highest BCUT2D eigenvalue weighted by Gasteiger charge is 2.22. The summed E-state index contributed by atoms with van der Waals surface area (Å²) in [6.45, 7) is 6.25. The van der Waals surface area contributed by atoms with Crippen LogP contribution in [0.2, 0.25) is 0 Å². The first kappa shape index (κ1) is 13.9. The second-order valence-corrected chi connectivity index (χ2v) is 6.52. The van der Waals surface area contributed by atoms with E-state index in [1.54, 1.807) is 0 Å². The van der Waals surface area contributed by atoms with Gasteiger partial charge >= 0.3 is 0 Å². The Morgan fingerprint density at radius 2 is 1.50 bits per heavy atom. The molecule has 2 rings (SSSR count). The zero-order chi connectivity index (χ0) is 12.8. The average Bonchev–Trinajstić information content (AvgIpc) is 2.85. The second kappa shape index (κ2) is 7.16. The van der Waals surface area contributed by atoms with Crippen LogP contribution < -0.4 is 0 Å².